The molecule has 0 unspecified atom stereocenters. The molecule has 2 rings (SSSR count). The van der Waals surface area contributed by atoms with Gasteiger partial charge in [0.05, 0.1) is 37.3 Å². The Balaban J connectivity index is 2.05. The number of carbonyl (C=O) groups is 1. The van der Waals surface area contributed by atoms with E-state index in [1.165, 1.54) is 13.2 Å². The molecule has 1 aromatic carbocycles. The molecule has 0 aromatic heterocycles. The van der Waals surface area contributed by atoms with E-state index in [0.717, 1.165) is 49.8 Å². The minimum atomic E-state index is -3.71. The largest absolute Gasteiger partial charge is 0.495 e. The van der Waals surface area contributed by atoms with Gasteiger partial charge in [-0.2, -0.15) is 0 Å². The van der Waals surface area contributed by atoms with Crippen LogP contribution in [0.4, 0.5) is 5.69 Å². The number of carbonyl (C=O) groups excluding carboxylic acids is 1. The van der Waals surface area contributed by atoms with E-state index in [0.29, 0.717) is 24.4 Å². The van der Waals surface area contributed by atoms with Gasteiger partial charge in [-0.05, 0) is 37.6 Å². The van der Waals surface area contributed by atoms with E-state index in [1.54, 1.807) is 19.1 Å². The quantitative estimate of drug-likeness (QED) is 0.549. The van der Waals surface area contributed by atoms with Crippen LogP contribution in [-0.4, -0.2) is 78.0 Å². The summed E-state index contributed by atoms with van der Waals surface area (Å²) in [6, 6.07) is 3.80. The highest BCUT2D eigenvalue weighted by atomic mass is 35.5. The van der Waals surface area contributed by atoms with Gasteiger partial charge in [0, 0.05) is 19.6 Å². The lowest BCUT2D eigenvalue weighted by Crippen LogP contribution is -2.49. The molecule has 0 saturated carbocycles. The number of methoxy groups -OCH3 is 1. The minimum absolute atomic E-state index is 0.277. The van der Waals surface area contributed by atoms with E-state index >= 15 is 0 Å². The van der Waals surface area contributed by atoms with E-state index in [9.17, 15) is 13.2 Å². The number of rotatable bonds is 10. The number of hydrogen-bond acceptors (Lipinski definition) is 6. The number of hydrogen-bond donors (Lipinski definition) is 1. The van der Waals surface area contributed by atoms with Crippen molar-refractivity contribution in [2.24, 2.45) is 0 Å². The van der Waals surface area contributed by atoms with Gasteiger partial charge < -0.3 is 14.8 Å². The Bertz CT molecular complexity index is 784. The zero-order valence-corrected chi connectivity index (χ0v) is 18.8. The SMILES string of the molecule is CC[C@H](C(=O)NCCCN1CCOCC1)N(c1ccc(OC)c(Cl)c1)S(C)(=O)=O. The summed E-state index contributed by atoms with van der Waals surface area (Å²) in [5.41, 5.74) is 0.327. The highest BCUT2D eigenvalue weighted by Gasteiger charge is 2.31. The van der Waals surface area contributed by atoms with Crippen LogP contribution < -0.4 is 14.4 Å². The van der Waals surface area contributed by atoms with Crippen molar-refractivity contribution in [2.75, 3.05) is 57.1 Å². The lowest BCUT2D eigenvalue weighted by atomic mass is 10.2. The molecule has 1 amide bonds. The number of ether oxygens (including phenoxy) is 2. The van der Waals surface area contributed by atoms with Crippen LogP contribution in [0.2, 0.25) is 5.02 Å². The number of benzene rings is 1. The number of halogens is 1. The van der Waals surface area contributed by atoms with Crippen molar-refractivity contribution in [1.29, 1.82) is 0 Å². The molecule has 164 valence electrons. The van der Waals surface area contributed by atoms with Gasteiger partial charge in [-0.3, -0.25) is 14.0 Å². The molecular formula is C19H30ClN3O5S. The third kappa shape index (κ3) is 6.74. The van der Waals surface area contributed by atoms with Crippen molar-refractivity contribution in [1.82, 2.24) is 10.2 Å². The van der Waals surface area contributed by atoms with Gasteiger partial charge in [0.15, 0.2) is 0 Å². The highest BCUT2D eigenvalue weighted by Crippen LogP contribution is 2.31. The topological polar surface area (TPSA) is 88.2 Å². The summed E-state index contributed by atoms with van der Waals surface area (Å²) in [5.74, 6) is 0.108. The van der Waals surface area contributed by atoms with Crippen molar-refractivity contribution >= 4 is 33.2 Å². The second-order valence-corrected chi connectivity index (χ2v) is 9.17. The maximum atomic E-state index is 12.8. The standard InChI is InChI=1S/C19H30ClN3O5S/c1-4-17(19(24)21-8-5-9-22-10-12-28-13-11-22)23(29(3,25)26)15-6-7-18(27-2)16(20)14-15/h6-7,14,17H,4-5,8-13H2,1-3H3,(H,21,24)/t17-/m1/s1. The Labute approximate surface area is 178 Å². The van der Waals surface area contributed by atoms with E-state index < -0.39 is 16.1 Å². The molecule has 0 radical (unpaired) electrons. The molecule has 8 nitrogen and oxygen atoms in total. The first-order chi connectivity index (χ1) is 13.8. The number of nitrogens with zero attached hydrogens (tertiary/aromatic N) is 2. The van der Waals surface area contributed by atoms with Crippen molar-refractivity contribution in [3.8, 4) is 5.75 Å². The summed E-state index contributed by atoms with van der Waals surface area (Å²) in [6.45, 7) is 6.38. The molecular weight excluding hydrogens is 418 g/mol. The summed E-state index contributed by atoms with van der Waals surface area (Å²) < 4.78 is 36.6. The number of amides is 1. The summed E-state index contributed by atoms with van der Waals surface area (Å²) in [4.78, 5) is 15.1. The van der Waals surface area contributed by atoms with Crippen LogP contribution in [-0.2, 0) is 19.6 Å². The minimum Gasteiger partial charge on any atom is -0.495 e. The van der Waals surface area contributed by atoms with E-state index in [4.69, 9.17) is 21.1 Å². The van der Waals surface area contributed by atoms with Crippen LogP contribution in [0.3, 0.4) is 0 Å². The van der Waals surface area contributed by atoms with Crippen LogP contribution in [0.1, 0.15) is 19.8 Å². The Kier molecular flexibility index (Phi) is 9.01. The molecule has 0 bridgehead atoms. The summed E-state index contributed by atoms with van der Waals surface area (Å²) >= 11 is 6.17. The normalized spacial score (nSPS) is 16.3. The highest BCUT2D eigenvalue weighted by molar-refractivity contribution is 7.92. The average molecular weight is 448 g/mol. The molecule has 1 aromatic rings. The van der Waals surface area contributed by atoms with Gasteiger partial charge in [-0.1, -0.05) is 18.5 Å². The van der Waals surface area contributed by atoms with Gasteiger partial charge in [0.2, 0.25) is 15.9 Å². The molecule has 1 heterocycles. The lowest BCUT2D eigenvalue weighted by Gasteiger charge is -2.30. The van der Waals surface area contributed by atoms with Crippen LogP contribution >= 0.6 is 11.6 Å². The fourth-order valence-corrected chi connectivity index (χ4v) is 4.77. The number of sulfonamides is 1. The molecule has 10 heteroatoms. The van der Waals surface area contributed by atoms with E-state index in [1.807, 2.05) is 0 Å². The van der Waals surface area contributed by atoms with Crippen molar-refractivity contribution < 1.29 is 22.7 Å². The van der Waals surface area contributed by atoms with E-state index in [2.05, 4.69) is 10.2 Å². The van der Waals surface area contributed by atoms with Crippen molar-refractivity contribution in [3.05, 3.63) is 23.2 Å². The molecule has 1 atom stereocenters. The maximum Gasteiger partial charge on any atom is 0.243 e. The number of morpholine rings is 1. The fourth-order valence-electron chi connectivity index (χ4n) is 3.31. The molecule has 1 aliphatic heterocycles. The van der Waals surface area contributed by atoms with Gasteiger partial charge in [-0.15, -0.1) is 0 Å². The molecule has 0 aliphatic carbocycles. The van der Waals surface area contributed by atoms with Crippen LogP contribution in [0.25, 0.3) is 0 Å². The second-order valence-electron chi connectivity index (χ2n) is 6.90. The first kappa shape index (κ1) is 23.7. The molecule has 1 saturated heterocycles. The van der Waals surface area contributed by atoms with Crippen LogP contribution in [0.15, 0.2) is 18.2 Å². The van der Waals surface area contributed by atoms with Gasteiger partial charge in [0.1, 0.15) is 11.8 Å². The maximum absolute atomic E-state index is 12.8. The Hall–Kier alpha value is -1.55. The Morgan fingerprint density at radius 2 is 2.07 bits per heavy atom. The zero-order chi connectivity index (χ0) is 21.4. The Morgan fingerprint density at radius 3 is 2.62 bits per heavy atom. The molecule has 0 spiro atoms. The summed E-state index contributed by atoms with van der Waals surface area (Å²) in [6.07, 6.45) is 2.20. The number of nitrogens with one attached hydrogen (secondary N) is 1. The molecule has 1 fully saturated rings. The second kappa shape index (κ2) is 11.0. The Morgan fingerprint density at radius 1 is 1.38 bits per heavy atom. The third-order valence-corrected chi connectivity index (χ3v) is 6.25. The van der Waals surface area contributed by atoms with E-state index in [-0.39, 0.29) is 10.9 Å². The predicted octanol–water partition coefficient (Wildman–Crippen LogP) is 1.73. The van der Waals surface area contributed by atoms with Crippen LogP contribution in [0.5, 0.6) is 5.75 Å². The first-order valence-electron chi connectivity index (χ1n) is 9.68. The first-order valence-corrected chi connectivity index (χ1v) is 11.9. The van der Waals surface area contributed by atoms with Crippen LogP contribution in [0, 0.1) is 0 Å². The van der Waals surface area contributed by atoms with Crippen molar-refractivity contribution in [3.63, 3.8) is 0 Å². The molecule has 1 N–H and O–H groups in total. The molecule has 1 aliphatic rings. The summed E-state index contributed by atoms with van der Waals surface area (Å²) in [7, 11) is -2.23. The van der Waals surface area contributed by atoms with Crippen molar-refractivity contribution in [2.45, 2.75) is 25.8 Å². The third-order valence-electron chi connectivity index (χ3n) is 4.77. The monoisotopic (exact) mass is 447 g/mol. The number of anilines is 1. The predicted molar refractivity (Wildman–Crippen MR) is 114 cm³/mol. The van der Waals surface area contributed by atoms with Gasteiger partial charge in [0.25, 0.3) is 0 Å². The van der Waals surface area contributed by atoms with Gasteiger partial charge in [-0.25, -0.2) is 8.42 Å². The smallest absolute Gasteiger partial charge is 0.243 e. The fraction of sp³-hybridized carbons (Fsp3) is 0.632. The van der Waals surface area contributed by atoms with Gasteiger partial charge >= 0.3 is 0 Å². The summed E-state index contributed by atoms with van der Waals surface area (Å²) in [5, 5.41) is 3.15. The molecule has 29 heavy (non-hydrogen) atoms. The zero-order valence-electron chi connectivity index (χ0n) is 17.2. The lowest BCUT2D eigenvalue weighted by molar-refractivity contribution is -0.122. The average Bonchev–Trinajstić information content (AvgIpc) is 2.69.